The first-order valence-electron chi connectivity index (χ1n) is 5.19. The minimum absolute atomic E-state index is 0.588. The molecule has 0 N–H and O–H groups in total. The van der Waals surface area contributed by atoms with Crippen LogP contribution in [-0.2, 0) is 13.6 Å². The van der Waals surface area contributed by atoms with Crippen molar-refractivity contribution in [2.45, 2.75) is 12.8 Å². The van der Waals surface area contributed by atoms with Crippen LogP contribution >= 0.6 is 7.60 Å². The highest BCUT2D eigenvalue weighted by molar-refractivity contribution is 7.62. The normalized spacial score (nSPS) is 21.2. The minimum atomic E-state index is -3.20. The number of benzene rings is 1. The lowest BCUT2D eigenvalue weighted by molar-refractivity contribution is 0.343. The highest BCUT2D eigenvalue weighted by Gasteiger charge is 2.32. The van der Waals surface area contributed by atoms with E-state index in [-0.39, 0.29) is 0 Å². The fourth-order valence-electron chi connectivity index (χ4n) is 1.71. The molecule has 0 aromatic heterocycles. The Kier molecular flexibility index (Phi) is 2.15. The molecule has 82 valence electrons. The van der Waals surface area contributed by atoms with Crippen LogP contribution in [0.1, 0.15) is 12.8 Å². The summed E-state index contributed by atoms with van der Waals surface area (Å²) in [5.41, 5.74) is 2.18. The molecular weight excluding hydrogens is 223 g/mol. The van der Waals surface area contributed by atoms with E-state index in [4.69, 9.17) is 9.05 Å². The number of rotatable bonds is 1. The van der Waals surface area contributed by atoms with Gasteiger partial charge in [0, 0.05) is 0 Å². The molecule has 4 heteroatoms. The highest BCUT2D eigenvalue weighted by atomic mass is 31.2. The van der Waals surface area contributed by atoms with Gasteiger partial charge in [-0.2, -0.15) is 0 Å². The van der Waals surface area contributed by atoms with Gasteiger partial charge in [0.25, 0.3) is 0 Å². The third-order valence-corrected chi connectivity index (χ3v) is 4.51. The molecule has 0 atom stereocenters. The first kappa shape index (κ1) is 9.73. The summed E-state index contributed by atoms with van der Waals surface area (Å²) in [5.74, 6) is 0. The van der Waals surface area contributed by atoms with Gasteiger partial charge < -0.3 is 9.05 Å². The van der Waals surface area contributed by atoms with Gasteiger partial charge in [-0.05, 0) is 36.1 Å². The lowest BCUT2D eigenvalue weighted by atomic mass is 9.88. The first-order chi connectivity index (χ1) is 7.78. The number of hydrogen-bond acceptors (Lipinski definition) is 3. The molecule has 1 heterocycles. The predicted octanol–water partition coefficient (Wildman–Crippen LogP) is 3.11. The fourth-order valence-corrected chi connectivity index (χ4v) is 3.07. The monoisotopic (exact) mass is 234 g/mol. The summed E-state index contributed by atoms with van der Waals surface area (Å²) >= 11 is 0. The van der Waals surface area contributed by atoms with E-state index in [9.17, 15) is 4.57 Å². The van der Waals surface area contributed by atoms with Gasteiger partial charge >= 0.3 is 7.60 Å². The SMILES string of the molecule is O=P1(c2ccccc2)OC=C2CCC2=CO1. The topological polar surface area (TPSA) is 35.5 Å². The van der Waals surface area contributed by atoms with Gasteiger partial charge in [-0.15, -0.1) is 0 Å². The van der Waals surface area contributed by atoms with Crippen molar-refractivity contribution < 1.29 is 13.6 Å². The summed E-state index contributed by atoms with van der Waals surface area (Å²) in [6, 6.07) is 9.02. The zero-order valence-corrected chi connectivity index (χ0v) is 9.52. The van der Waals surface area contributed by atoms with Crippen molar-refractivity contribution in [3.8, 4) is 0 Å². The largest absolute Gasteiger partial charge is 0.461 e. The zero-order chi connectivity index (χ0) is 11.0. The Balaban J connectivity index is 1.99. The van der Waals surface area contributed by atoms with Crippen molar-refractivity contribution in [1.29, 1.82) is 0 Å². The summed E-state index contributed by atoms with van der Waals surface area (Å²) < 4.78 is 23.1. The lowest BCUT2D eigenvalue weighted by Gasteiger charge is -2.17. The molecule has 16 heavy (non-hydrogen) atoms. The Morgan fingerprint density at radius 2 is 1.50 bits per heavy atom. The maximum Gasteiger partial charge on any atom is 0.461 e. The van der Waals surface area contributed by atoms with Gasteiger partial charge in [0.15, 0.2) is 0 Å². The molecule has 1 saturated carbocycles. The van der Waals surface area contributed by atoms with E-state index in [1.807, 2.05) is 18.2 Å². The fraction of sp³-hybridized carbons (Fsp3) is 0.167. The third kappa shape index (κ3) is 1.48. The van der Waals surface area contributed by atoms with Crippen LogP contribution < -0.4 is 5.30 Å². The van der Waals surface area contributed by atoms with Crippen molar-refractivity contribution in [2.24, 2.45) is 0 Å². The molecule has 1 aliphatic carbocycles. The van der Waals surface area contributed by atoms with Gasteiger partial charge in [0.2, 0.25) is 0 Å². The molecule has 1 aromatic rings. The second kappa shape index (κ2) is 3.53. The number of allylic oxidation sites excluding steroid dienone is 2. The second-order valence-corrected chi connectivity index (χ2v) is 5.76. The van der Waals surface area contributed by atoms with Crippen LogP contribution in [0.3, 0.4) is 0 Å². The van der Waals surface area contributed by atoms with Crippen LogP contribution in [0.15, 0.2) is 54.0 Å². The smallest absolute Gasteiger partial charge is 0.420 e. The Hall–Kier alpha value is -1.47. The van der Waals surface area contributed by atoms with Gasteiger partial charge in [-0.25, -0.2) is 4.57 Å². The van der Waals surface area contributed by atoms with Crippen LogP contribution in [0.2, 0.25) is 0 Å². The summed E-state index contributed by atoms with van der Waals surface area (Å²) in [6.45, 7) is 0. The molecule has 0 unspecified atom stereocenters. The Morgan fingerprint density at radius 1 is 0.938 bits per heavy atom. The molecule has 1 aromatic carbocycles. The molecule has 1 fully saturated rings. The van der Waals surface area contributed by atoms with Crippen molar-refractivity contribution in [1.82, 2.24) is 0 Å². The first-order valence-corrected chi connectivity index (χ1v) is 6.73. The molecule has 1 aliphatic heterocycles. The van der Waals surface area contributed by atoms with E-state index < -0.39 is 7.60 Å². The van der Waals surface area contributed by atoms with E-state index in [0.717, 1.165) is 24.0 Å². The van der Waals surface area contributed by atoms with Crippen LogP contribution in [0.4, 0.5) is 0 Å². The molecule has 0 amide bonds. The van der Waals surface area contributed by atoms with Crippen LogP contribution in [0.5, 0.6) is 0 Å². The van der Waals surface area contributed by atoms with E-state index in [2.05, 4.69) is 0 Å². The number of hydrogen-bond donors (Lipinski definition) is 0. The maximum absolute atomic E-state index is 12.4. The van der Waals surface area contributed by atoms with Crippen molar-refractivity contribution >= 4 is 12.9 Å². The Labute approximate surface area is 93.9 Å². The van der Waals surface area contributed by atoms with Crippen molar-refractivity contribution in [3.63, 3.8) is 0 Å². The molecule has 0 radical (unpaired) electrons. The lowest BCUT2D eigenvalue weighted by Crippen LogP contribution is -2.05. The molecular formula is C12H11O3P. The Morgan fingerprint density at radius 3 is 2.00 bits per heavy atom. The van der Waals surface area contributed by atoms with E-state index in [1.54, 1.807) is 24.7 Å². The third-order valence-electron chi connectivity index (χ3n) is 2.82. The maximum atomic E-state index is 12.4. The molecule has 3 nitrogen and oxygen atoms in total. The minimum Gasteiger partial charge on any atom is -0.420 e. The summed E-state index contributed by atoms with van der Waals surface area (Å²) in [6.07, 6.45) is 5.11. The average molecular weight is 234 g/mol. The van der Waals surface area contributed by atoms with E-state index in [1.165, 1.54) is 0 Å². The zero-order valence-electron chi connectivity index (χ0n) is 8.63. The summed E-state index contributed by atoms with van der Waals surface area (Å²) in [7, 11) is -3.20. The van der Waals surface area contributed by atoms with Gasteiger partial charge in [0.1, 0.15) is 0 Å². The summed E-state index contributed by atoms with van der Waals surface area (Å²) in [5, 5.41) is 0.588. The van der Waals surface area contributed by atoms with Gasteiger partial charge in [0.05, 0.1) is 17.8 Å². The van der Waals surface area contributed by atoms with Crippen LogP contribution in [0, 0.1) is 0 Å². The molecule has 2 aliphatic rings. The summed E-state index contributed by atoms with van der Waals surface area (Å²) in [4.78, 5) is 0. The predicted molar refractivity (Wildman–Crippen MR) is 61.3 cm³/mol. The number of fused-ring (bicyclic) bond motifs is 1. The molecule has 0 saturated heterocycles. The Bertz CT molecular complexity index is 490. The standard InChI is InChI=1S/C12H11O3P/c13-16(12-4-2-1-3-5-12)14-8-10-6-7-11(10)9-15-16/h1-5,8-9H,6-7H2. The molecule has 0 bridgehead atoms. The molecule has 3 rings (SSSR count). The average Bonchev–Trinajstić information content (AvgIpc) is 2.39. The van der Waals surface area contributed by atoms with E-state index in [0.29, 0.717) is 5.30 Å². The van der Waals surface area contributed by atoms with Crippen molar-refractivity contribution in [2.75, 3.05) is 0 Å². The highest BCUT2D eigenvalue weighted by Crippen LogP contribution is 2.52. The van der Waals surface area contributed by atoms with Crippen LogP contribution in [0.25, 0.3) is 0 Å². The van der Waals surface area contributed by atoms with Gasteiger partial charge in [-0.3, -0.25) is 0 Å². The quantitative estimate of drug-likeness (QED) is 0.700. The second-order valence-electron chi connectivity index (χ2n) is 3.83. The van der Waals surface area contributed by atoms with E-state index >= 15 is 0 Å². The van der Waals surface area contributed by atoms with Crippen LogP contribution in [-0.4, -0.2) is 0 Å². The molecule has 0 spiro atoms. The van der Waals surface area contributed by atoms with Crippen molar-refractivity contribution in [3.05, 3.63) is 54.0 Å². The van der Waals surface area contributed by atoms with Gasteiger partial charge in [-0.1, -0.05) is 18.2 Å².